The summed E-state index contributed by atoms with van der Waals surface area (Å²) in [4.78, 5) is 95.2. The molecule has 312 valence electrons. The number of nitrogens with zero attached hydrogens (tertiary/aromatic N) is 2. The molecule has 0 unspecified atom stereocenters. The first-order chi connectivity index (χ1) is 28.4. The molecule has 18 heteroatoms. The number of hydrogen-bond acceptors (Lipinski definition) is 9. The summed E-state index contributed by atoms with van der Waals surface area (Å²) in [6.07, 6.45) is 8.44. The highest BCUT2D eigenvalue weighted by atomic mass is 16.2. The first-order valence-corrected chi connectivity index (χ1v) is 19.7. The van der Waals surface area contributed by atoms with E-state index in [9.17, 15) is 28.8 Å². The number of nitrogens with one attached hydrogen (secondary N) is 7. The Morgan fingerprint density at radius 2 is 1.42 bits per heavy atom. The molecule has 4 heterocycles. The summed E-state index contributed by atoms with van der Waals surface area (Å²) in [5, 5.41) is 12.9. The van der Waals surface area contributed by atoms with E-state index in [2.05, 4.69) is 41.2 Å². The van der Waals surface area contributed by atoms with Gasteiger partial charge in [0.2, 0.25) is 35.4 Å². The lowest BCUT2D eigenvalue weighted by Crippen LogP contribution is -2.58. The number of fused-ring (bicyclic) bond motifs is 2. The van der Waals surface area contributed by atoms with Gasteiger partial charge in [-0.25, -0.2) is 4.98 Å². The van der Waals surface area contributed by atoms with E-state index in [-0.39, 0.29) is 38.1 Å². The van der Waals surface area contributed by atoms with Gasteiger partial charge in [-0.2, -0.15) is 0 Å². The van der Waals surface area contributed by atoms with Crippen LogP contribution in [-0.4, -0.2) is 110 Å². The van der Waals surface area contributed by atoms with Gasteiger partial charge in [0.1, 0.15) is 24.2 Å². The summed E-state index contributed by atoms with van der Waals surface area (Å²) in [7, 11) is 0. The number of unbranched alkanes of at least 4 members (excludes halogenated alkanes) is 1. The quantitative estimate of drug-likeness (QED) is 0.0469. The van der Waals surface area contributed by atoms with Gasteiger partial charge < -0.3 is 58.3 Å². The van der Waals surface area contributed by atoms with E-state index in [0.717, 1.165) is 32.9 Å². The molecule has 1 fully saturated rings. The Morgan fingerprint density at radius 3 is 2.02 bits per heavy atom. The van der Waals surface area contributed by atoms with Gasteiger partial charge in [-0.1, -0.05) is 36.4 Å². The molecule has 1 aliphatic rings. The molecule has 6 amide bonds. The van der Waals surface area contributed by atoms with E-state index >= 15 is 0 Å². The van der Waals surface area contributed by atoms with Crippen LogP contribution in [0.5, 0.6) is 0 Å². The number of rotatable bonds is 20. The van der Waals surface area contributed by atoms with Crippen molar-refractivity contribution in [1.82, 2.24) is 46.1 Å². The van der Waals surface area contributed by atoms with E-state index < -0.39 is 65.8 Å². The van der Waals surface area contributed by atoms with Crippen LogP contribution >= 0.6 is 0 Å². The third-order valence-electron chi connectivity index (χ3n) is 10.7. The van der Waals surface area contributed by atoms with Gasteiger partial charge in [0.25, 0.3) is 0 Å². The second-order valence-electron chi connectivity index (χ2n) is 15.0. The van der Waals surface area contributed by atoms with Gasteiger partial charge in [-0.3, -0.25) is 28.8 Å². The Hall–Kier alpha value is -6.53. The maximum atomic E-state index is 14.0. The Kier molecular flexibility index (Phi) is 13.8. The van der Waals surface area contributed by atoms with Crippen LogP contribution in [0.4, 0.5) is 0 Å². The third-order valence-corrected chi connectivity index (χ3v) is 10.7. The van der Waals surface area contributed by atoms with Gasteiger partial charge in [0.15, 0.2) is 0 Å². The molecule has 0 aliphatic carbocycles. The van der Waals surface area contributed by atoms with E-state index in [1.807, 2.05) is 48.5 Å². The van der Waals surface area contributed by atoms with Gasteiger partial charge in [0, 0.05) is 78.3 Å². The molecule has 6 rings (SSSR count). The van der Waals surface area contributed by atoms with Crippen molar-refractivity contribution in [3.05, 3.63) is 90.3 Å². The first-order valence-electron chi connectivity index (χ1n) is 19.7. The predicted octanol–water partition coefficient (Wildman–Crippen LogP) is -0.0982. The Morgan fingerprint density at radius 1 is 0.814 bits per heavy atom. The van der Waals surface area contributed by atoms with Crippen molar-refractivity contribution < 1.29 is 28.8 Å². The number of primary amides is 1. The number of benzene rings is 2. The SMILES string of the molecule is C[C@H](NC(=O)[C@@H](Cc1c[nH]c2ccccc12)NC(=O)[C@H](N)Cc1cnc[nH]1)C(=O)N[C@@H](Cc1c[nH]c2ccccc12)C(=O)N[C@@H]1CC(=O)N([C@@H](CCCCN)C(N)=O)C1. The van der Waals surface area contributed by atoms with E-state index in [1.165, 1.54) is 18.2 Å². The minimum atomic E-state index is -1.16. The van der Waals surface area contributed by atoms with Crippen molar-refractivity contribution >= 4 is 57.2 Å². The summed E-state index contributed by atoms with van der Waals surface area (Å²) in [5.41, 5.74) is 21.3. The van der Waals surface area contributed by atoms with E-state index in [1.54, 1.807) is 18.6 Å². The van der Waals surface area contributed by atoms with Crippen molar-refractivity contribution in [3.63, 3.8) is 0 Å². The highest BCUT2D eigenvalue weighted by molar-refractivity contribution is 5.96. The summed E-state index contributed by atoms with van der Waals surface area (Å²) in [5.74, 6) is -3.40. The Bertz CT molecular complexity index is 2270. The van der Waals surface area contributed by atoms with E-state index in [0.29, 0.717) is 31.5 Å². The first kappa shape index (κ1) is 42.1. The molecular formula is C41H52N12O6. The van der Waals surface area contributed by atoms with Crippen LogP contribution in [0.2, 0.25) is 0 Å². The highest BCUT2D eigenvalue weighted by Crippen LogP contribution is 2.22. The van der Waals surface area contributed by atoms with Gasteiger partial charge in [0.05, 0.1) is 18.4 Å². The van der Waals surface area contributed by atoms with Gasteiger partial charge in [-0.15, -0.1) is 0 Å². The number of aromatic nitrogens is 4. The van der Waals surface area contributed by atoms with Crippen LogP contribution in [0, 0.1) is 0 Å². The number of imidazole rings is 1. The molecule has 0 saturated carbocycles. The van der Waals surface area contributed by atoms with Crippen molar-refractivity contribution in [2.45, 2.75) is 88.1 Å². The minimum Gasteiger partial charge on any atom is -0.368 e. The lowest BCUT2D eigenvalue weighted by atomic mass is 10.0. The fourth-order valence-corrected chi connectivity index (χ4v) is 7.51. The van der Waals surface area contributed by atoms with Crippen LogP contribution in [0.15, 0.2) is 73.4 Å². The van der Waals surface area contributed by atoms with Crippen molar-refractivity contribution in [1.29, 1.82) is 0 Å². The van der Waals surface area contributed by atoms with Crippen molar-refractivity contribution in [3.8, 4) is 0 Å². The third kappa shape index (κ3) is 10.5. The monoisotopic (exact) mass is 808 g/mol. The molecular weight excluding hydrogens is 757 g/mol. The Balaban J connectivity index is 1.16. The van der Waals surface area contributed by atoms with E-state index in [4.69, 9.17) is 17.2 Å². The number of nitrogens with two attached hydrogens (primary N) is 3. The fraction of sp³-hybridized carbons (Fsp3) is 0.390. The molecule has 0 spiro atoms. The van der Waals surface area contributed by atoms with Crippen molar-refractivity contribution in [2.75, 3.05) is 13.1 Å². The number of hydrogen-bond donors (Lipinski definition) is 10. The number of amides is 6. The zero-order chi connectivity index (χ0) is 42.1. The summed E-state index contributed by atoms with van der Waals surface area (Å²) in [6, 6.07) is 9.15. The summed E-state index contributed by atoms with van der Waals surface area (Å²) >= 11 is 0. The maximum absolute atomic E-state index is 14.0. The number of aromatic amines is 3. The molecule has 2 aromatic carbocycles. The predicted molar refractivity (Wildman–Crippen MR) is 220 cm³/mol. The topological polar surface area (TPSA) is 292 Å². The zero-order valence-electron chi connectivity index (χ0n) is 32.8. The number of H-pyrrole nitrogens is 3. The molecule has 5 aromatic rings. The Labute approximate surface area is 340 Å². The normalized spacial score (nSPS) is 16.6. The van der Waals surface area contributed by atoms with Crippen molar-refractivity contribution in [2.24, 2.45) is 17.2 Å². The zero-order valence-corrected chi connectivity index (χ0v) is 32.8. The molecule has 6 atom stereocenters. The van der Waals surface area contributed by atoms with Crippen LogP contribution in [0.1, 0.15) is 49.4 Å². The highest BCUT2D eigenvalue weighted by Gasteiger charge is 2.38. The number of likely N-dealkylation sites (tertiary alicyclic amines) is 1. The second kappa shape index (κ2) is 19.3. The largest absolute Gasteiger partial charge is 0.368 e. The maximum Gasteiger partial charge on any atom is 0.243 e. The lowest BCUT2D eigenvalue weighted by Gasteiger charge is -2.26. The molecule has 18 nitrogen and oxygen atoms in total. The van der Waals surface area contributed by atoms with Gasteiger partial charge >= 0.3 is 0 Å². The molecule has 0 radical (unpaired) electrons. The minimum absolute atomic E-state index is 0.0539. The molecule has 59 heavy (non-hydrogen) atoms. The second-order valence-corrected chi connectivity index (χ2v) is 15.0. The smallest absolute Gasteiger partial charge is 0.243 e. The van der Waals surface area contributed by atoms with Crippen LogP contribution < -0.4 is 38.5 Å². The lowest BCUT2D eigenvalue weighted by molar-refractivity contribution is -0.136. The van der Waals surface area contributed by atoms with Crippen LogP contribution in [-0.2, 0) is 48.0 Å². The molecule has 0 bridgehead atoms. The molecule has 13 N–H and O–H groups in total. The van der Waals surface area contributed by atoms with Crippen LogP contribution in [0.3, 0.4) is 0 Å². The van der Waals surface area contributed by atoms with Gasteiger partial charge in [-0.05, 0) is 56.0 Å². The number of carbonyl (C=O) groups is 6. The molecule has 1 saturated heterocycles. The standard InChI is InChI=1S/C41H52N12O6/c1-23(49-40(58)33(14-24-18-46-31-10-4-2-8-28(24)31)52-39(57)30(43)16-26-20-45-22-48-26)38(56)51-34(15-25-19-47-32-11-5-3-9-29(25)32)41(59)50-27-17-36(54)53(21-27)35(37(44)55)12-6-7-13-42/h2-5,8-11,18-20,22-23,27,30,33-35,46-47H,6-7,12-17,21,42-43H2,1H3,(H2,44,55)(H,45,48)(H,49,58)(H,50,59)(H,51,56)(H,52,57)/t23-,27+,30+,33+,34-,35-/m0/s1. The summed E-state index contributed by atoms with van der Waals surface area (Å²) < 4.78 is 0. The van der Waals surface area contributed by atoms with Crippen LogP contribution in [0.25, 0.3) is 21.8 Å². The average Bonchev–Trinajstić information content (AvgIpc) is 4.04. The average molecular weight is 809 g/mol. The molecule has 3 aromatic heterocycles. The number of para-hydroxylation sites is 2. The fourth-order valence-electron chi connectivity index (χ4n) is 7.51. The summed E-state index contributed by atoms with van der Waals surface area (Å²) in [6.45, 7) is 1.98. The molecule has 1 aliphatic heterocycles. The number of carbonyl (C=O) groups excluding carboxylic acids is 6.